The second-order valence-electron chi connectivity index (χ2n) is 4.44. The number of hydrogen-bond donors (Lipinski definition) is 1. The third kappa shape index (κ3) is 3.78. The minimum absolute atomic E-state index is 0.0600. The Morgan fingerprint density at radius 1 is 1.33 bits per heavy atom. The van der Waals surface area contributed by atoms with Gasteiger partial charge in [0.15, 0.2) is 0 Å². The third-order valence-corrected chi connectivity index (χ3v) is 5.58. The number of halogens is 3. The molecule has 1 aromatic carbocycles. The van der Waals surface area contributed by atoms with Crippen LogP contribution in [0.25, 0.3) is 0 Å². The van der Waals surface area contributed by atoms with Gasteiger partial charge in [0.25, 0.3) is 0 Å². The standard InChI is InChI=1S/C12H12BrCl2N3O2S/c1-7-8(6-18(2)17-7)5-16-21(19,20)12-10(14)3-9(13)4-11(12)15/h3-4,6,16H,5H2,1-2H3. The number of benzene rings is 1. The van der Waals surface area contributed by atoms with Crippen molar-refractivity contribution in [2.45, 2.75) is 18.4 Å². The van der Waals surface area contributed by atoms with E-state index in [1.807, 2.05) is 6.92 Å². The molecule has 21 heavy (non-hydrogen) atoms. The first-order valence-electron chi connectivity index (χ1n) is 5.84. The Kier molecular flexibility index (Phi) is 4.99. The van der Waals surface area contributed by atoms with Crippen molar-refractivity contribution in [3.8, 4) is 0 Å². The molecule has 0 saturated heterocycles. The van der Waals surface area contributed by atoms with Crippen molar-refractivity contribution in [2.24, 2.45) is 7.05 Å². The maximum atomic E-state index is 12.4. The molecule has 0 aliphatic carbocycles. The van der Waals surface area contributed by atoms with E-state index in [0.29, 0.717) is 4.47 Å². The predicted octanol–water partition coefficient (Wildman–Crippen LogP) is 3.28. The molecule has 0 unspecified atom stereocenters. The molecule has 0 aliphatic rings. The zero-order valence-corrected chi connectivity index (χ0v) is 15.1. The lowest BCUT2D eigenvalue weighted by atomic mass is 10.3. The third-order valence-electron chi connectivity index (χ3n) is 2.80. The topological polar surface area (TPSA) is 64.0 Å². The quantitative estimate of drug-likeness (QED) is 0.837. The van der Waals surface area contributed by atoms with Crippen molar-refractivity contribution in [3.05, 3.63) is 44.1 Å². The zero-order valence-electron chi connectivity index (χ0n) is 11.2. The van der Waals surface area contributed by atoms with Gasteiger partial charge in [0.05, 0.1) is 15.7 Å². The fraction of sp³-hybridized carbons (Fsp3) is 0.250. The summed E-state index contributed by atoms with van der Waals surface area (Å²) < 4.78 is 29.4. The highest BCUT2D eigenvalue weighted by molar-refractivity contribution is 9.10. The van der Waals surface area contributed by atoms with Crippen LogP contribution in [0.3, 0.4) is 0 Å². The van der Waals surface area contributed by atoms with Crippen molar-refractivity contribution >= 4 is 49.2 Å². The summed E-state index contributed by atoms with van der Waals surface area (Å²) in [6.45, 7) is 1.92. The number of hydrogen-bond acceptors (Lipinski definition) is 3. The van der Waals surface area contributed by atoms with Crippen LogP contribution in [-0.4, -0.2) is 18.2 Å². The number of rotatable bonds is 4. The summed E-state index contributed by atoms with van der Waals surface area (Å²) in [5.41, 5.74) is 1.54. The lowest BCUT2D eigenvalue weighted by molar-refractivity contribution is 0.581. The van der Waals surface area contributed by atoms with E-state index in [2.05, 4.69) is 25.8 Å². The van der Waals surface area contributed by atoms with Gasteiger partial charge in [0.1, 0.15) is 4.90 Å². The van der Waals surface area contributed by atoms with Crippen molar-refractivity contribution in [1.29, 1.82) is 0 Å². The average Bonchev–Trinajstić information content (AvgIpc) is 2.63. The summed E-state index contributed by atoms with van der Waals surface area (Å²) >= 11 is 15.2. The molecule has 0 fully saturated rings. The highest BCUT2D eigenvalue weighted by Gasteiger charge is 2.22. The maximum absolute atomic E-state index is 12.4. The van der Waals surface area contributed by atoms with Crippen LogP contribution in [0.2, 0.25) is 10.0 Å². The van der Waals surface area contributed by atoms with Crippen LogP contribution < -0.4 is 4.72 Å². The van der Waals surface area contributed by atoms with Gasteiger partial charge in [0.2, 0.25) is 10.0 Å². The highest BCUT2D eigenvalue weighted by atomic mass is 79.9. The van der Waals surface area contributed by atoms with Crippen molar-refractivity contribution in [3.63, 3.8) is 0 Å². The van der Waals surface area contributed by atoms with Gasteiger partial charge in [-0.25, -0.2) is 13.1 Å². The second kappa shape index (κ2) is 6.26. The van der Waals surface area contributed by atoms with Crippen LogP contribution in [0.15, 0.2) is 27.7 Å². The van der Waals surface area contributed by atoms with Gasteiger partial charge in [-0.2, -0.15) is 5.10 Å². The van der Waals surface area contributed by atoms with E-state index in [4.69, 9.17) is 23.2 Å². The fourth-order valence-corrected chi connectivity index (χ4v) is 4.79. The van der Waals surface area contributed by atoms with E-state index in [1.165, 1.54) is 12.1 Å². The normalized spacial score (nSPS) is 11.9. The maximum Gasteiger partial charge on any atom is 0.243 e. The Balaban J connectivity index is 2.29. The molecule has 2 aromatic rings. The van der Waals surface area contributed by atoms with Crippen LogP contribution in [-0.2, 0) is 23.6 Å². The van der Waals surface area contributed by atoms with E-state index in [0.717, 1.165) is 11.3 Å². The van der Waals surface area contributed by atoms with Crippen LogP contribution in [0.5, 0.6) is 0 Å². The number of aryl methyl sites for hydroxylation is 2. The number of nitrogens with one attached hydrogen (secondary N) is 1. The molecule has 2 rings (SSSR count). The molecule has 0 saturated carbocycles. The lowest BCUT2D eigenvalue weighted by Crippen LogP contribution is -2.24. The van der Waals surface area contributed by atoms with Gasteiger partial charge < -0.3 is 0 Å². The molecule has 0 atom stereocenters. The summed E-state index contributed by atoms with van der Waals surface area (Å²) in [5.74, 6) is 0. The molecule has 0 radical (unpaired) electrons. The number of nitrogens with zero attached hydrogens (tertiary/aromatic N) is 2. The largest absolute Gasteiger partial charge is 0.275 e. The summed E-state index contributed by atoms with van der Waals surface area (Å²) in [6.07, 6.45) is 1.75. The van der Waals surface area contributed by atoms with Crippen LogP contribution >= 0.6 is 39.1 Å². The van der Waals surface area contributed by atoms with E-state index < -0.39 is 10.0 Å². The Bertz CT molecular complexity index is 767. The fourth-order valence-electron chi connectivity index (χ4n) is 1.85. The van der Waals surface area contributed by atoms with Gasteiger partial charge >= 0.3 is 0 Å². The van der Waals surface area contributed by atoms with Gasteiger partial charge in [0, 0.05) is 29.8 Å². The summed E-state index contributed by atoms with van der Waals surface area (Å²) in [4.78, 5) is -0.129. The van der Waals surface area contributed by atoms with Crippen molar-refractivity contribution < 1.29 is 8.42 Å². The minimum Gasteiger partial charge on any atom is -0.275 e. The van der Waals surface area contributed by atoms with E-state index in [-0.39, 0.29) is 21.5 Å². The minimum atomic E-state index is -3.82. The van der Waals surface area contributed by atoms with Crippen molar-refractivity contribution in [2.75, 3.05) is 0 Å². The molecule has 1 aromatic heterocycles. The Morgan fingerprint density at radius 2 is 1.90 bits per heavy atom. The van der Waals surface area contributed by atoms with Crippen LogP contribution in [0, 0.1) is 6.92 Å². The average molecular weight is 413 g/mol. The molecule has 114 valence electrons. The van der Waals surface area contributed by atoms with Gasteiger partial charge in [-0.3, -0.25) is 4.68 Å². The first-order chi connectivity index (χ1) is 9.70. The molecular weight excluding hydrogens is 401 g/mol. The predicted molar refractivity (Wildman–Crippen MR) is 86.1 cm³/mol. The monoisotopic (exact) mass is 411 g/mol. The molecule has 0 spiro atoms. The van der Waals surface area contributed by atoms with Crippen LogP contribution in [0.1, 0.15) is 11.3 Å². The van der Waals surface area contributed by atoms with Gasteiger partial charge in [-0.15, -0.1) is 0 Å². The molecule has 0 amide bonds. The van der Waals surface area contributed by atoms with Crippen LogP contribution in [0.4, 0.5) is 0 Å². The van der Waals surface area contributed by atoms with Crippen molar-refractivity contribution in [1.82, 2.24) is 14.5 Å². The molecule has 9 heteroatoms. The smallest absolute Gasteiger partial charge is 0.243 e. The molecule has 0 aliphatic heterocycles. The lowest BCUT2D eigenvalue weighted by Gasteiger charge is -2.10. The number of sulfonamides is 1. The summed E-state index contributed by atoms with van der Waals surface area (Å²) in [7, 11) is -2.04. The van der Waals surface area contributed by atoms with E-state index in [1.54, 1.807) is 17.9 Å². The van der Waals surface area contributed by atoms with Gasteiger partial charge in [-0.1, -0.05) is 39.1 Å². The molecule has 5 nitrogen and oxygen atoms in total. The molecular formula is C12H12BrCl2N3O2S. The zero-order chi connectivity index (χ0) is 15.8. The molecule has 0 bridgehead atoms. The second-order valence-corrected chi connectivity index (χ2v) is 7.87. The van der Waals surface area contributed by atoms with E-state index in [9.17, 15) is 8.42 Å². The summed E-state index contributed by atoms with van der Waals surface area (Å²) in [6, 6.07) is 2.97. The number of aromatic nitrogens is 2. The Labute approximate surface area is 141 Å². The summed E-state index contributed by atoms with van der Waals surface area (Å²) in [5, 5.41) is 4.27. The SMILES string of the molecule is Cc1nn(C)cc1CNS(=O)(=O)c1c(Cl)cc(Br)cc1Cl. The first kappa shape index (κ1) is 16.8. The van der Waals surface area contributed by atoms with E-state index >= 15 is 0 Å². The molecule has 1 N–H and O–H groups in total. The Morgan fingerprint density at radius 3 is 2.38 bits per heavy atom. The molecule has 1 heterocycles. The highest BCUT2D eigenvalue weighted by Crippen LogP contribution is 2.32. The first-order valence-corrected chi connectivity index (χ1v) is 8.87. The Hall–Kier alpha value is -0.600. The van der Waals surface area contributed by atoms with Gasteiger partial charge in [-0.05, 0) is 19.1 Å².